The summed E-state index contributed by atoms with van der Waals surface area (Å²) in [5.74, 6) is -0.0951. The lowest BCUT2D eigenvalue weighted by atomic mass is 10.1. The Morgan fingerprint density at radius 3 is 2.74 bits per heavy atom. The molecule has 0 saturated carbocycles. The van der Waals surface area contributed by atoms with Crippen LogP contribution in [-0.4, -0.2) is 48.0 Å². The van der Waals surface area contributed by atoms with Crippen LogP contribution in [0, 0.1) is 6.08 Å². The zero-order valence-electron chi connectivity index (χ0n) is 9.93. The summed E-state index contributed by atoms with van der Waals surface area (Å²) in [6, 6.07) is 0. The molecule has 9 heteroatoms. The minimum absolute atomic E-state index is 0.0951. The minimum Gasteiger partial charge on any atom is -0.388 e. The summed E-state index contributed by atoms with van der Waals surface area (Å²) in [5, 5.41) is 19.6. The molecule has 2 aromatic heterocycles. The third-order valence-corrected chi connectivity index (χ3v) is 3.17. The normalized spacial score (nSPS) is 31.2. The minimum atomic E-state index is -1.16. The fraction of sp³-hybridized carbons (Fsp3) is 0.500. The summed E-state index contributed by atoms with van der Waals surface area (Å²) in [5.41, 5.74) is 5.86. The highest BCUT2D eigenvalue weighted by atomic mass is 19.1. The molecule has 1 fully saturated rings. The van der Waals surface area contributed by atoms with Gasteiger partial charge in [0.25, 0.3) is 0 Å². The predicted octanol–water partition coefficient (Wildman–Crippen LogP) is -0.813. The molecular formula is C10H12FN5O3. The van der Waals surface area contributed by atoms with E-state index in [0.717, 1.165) is 0 Å². The van der Waals surface area contributed by atoms with Gasteiger partial charge >= 0.3 is 6.08 Å². The number of aromatic nitrogens is 4. The van der Waals surface area contributed by atoms with Crippen molar-refractivity contribution in [3.8, 4) is 0 Å². The molecule has 2 aromatic rings. The van der Waals surface area contributed by atoms with Gasteiger partial charge in [-0.25, -0.2) is 4.98 Å². The predicted molar refractivity (Wildman–Crippen MR) is 61.3 cm³/mol. The monoisotopic (exact) mass is 269 g/mol. The number of anilines is 1. The number of nitrogens with two attached hydrogens (primary N) is 1. The summed E-state index contributed by atoms with van der Waals surface area (Å²) in [6.07, 6.45) is -3.33. The maximum absolute atomic E-state index is 13.2. The summed E-state index contributed by atoms with van der Waals surface area (Å²) in [4.78, 5) is 10.9. The van der Waals surface area contributed by atoms with Crippen molar-refractivity contribution >= 4 is 17.0 Å². The quantitative estimate of drug-likeness (QED) is 0.579. The molecule has 0 unspecified atom stereocenters. The van der Waals surface area contributed by atoms with Gasteiger partial charge < -0.3 is 20.7 Å². The number of nitrogens with zero attached hydrogens (tertiary/aromatic N) is 4. The van der Waals surface area contributed by atoms with Gasteiger partial charge in [-0.3, -0.25) is 4.57 Å². The van der Waals surface area contributed by atoms with Crippen molar-refractivity contribution in [3.05, 3.63) is 12.4 Å². The molecule has 4 N–H and O–H groups in total. The molecule has 3 rings (SSSR count). The lowest BCUT2D eigenvalue weighted by Crippen LogP contribution is -2.30. The maximum atomic E-state index is 13.2. The topological polar surface area (TPSA) is 119 Å². The largest absolute Gasteiger partial charge is 0.388 e. The van der Waals surface area contributed by atoms with Crippen molar-refractivity contribution < 1.29 is 19.3 Å². The van der Waals surface area contributed by atoms with Crippen molar-refractivity contribution in [2.75, 3.05) is 5.73 Å². The summed E-state index contributed by atoms with van der Waals surface area (Å²) in [6.45, 7) is 1.62. The number of imidazole rings is 1. The van der Waals surface area contributed by atoms with E-state index < -0.39 is 30.6 Å². The van der Waals surface area contributed by atoms with E-state index in [4.69, 9.17) is 10.5 Å². The van der Waals surface area contributed by atoms with E-state index >= 15 is 0 Å². The first-order valence-corrected chi connectivity index (χ1v) is 5.66. The van der Waals surface area contributed by atoms with Gasteiger partial charge in [-0.15, -0.1) is 0 Å². The standard InChI is InChI=1S/C10H12FN5O3/c1-3-5(17)6(18)9(19-3)16-2-13-4-7(12)14-10(11)15-8(4)16/h2-3,5-6,9,17-18H,1H3,(H2,12,14,15)/t3-,5-,6-,9-/m1/s1. The average molecular weight is 269 g/mol. The SMILES string of the molecule is C[C@H]1O[C@@H](n2cnc3c(N)nc(F)nc32)[C@H](O)[C@@H]1O. The smallest absolute Gasteiger partial charge is 0.312 e. The van der Waals surface area contributed by atoms with Gasteiger partial charge in [0.05, 0.1) is 12.4 Å². The molecule has 1 saturated heterocycles. The van der Waals surface area contributed by atoms with Crippen LogP contribution >= 0.6 is 0 Å². The highest BCUT2D eigenvalue weighted by Crippen LogP contribution is 2.31. The Kier molecular flexibility index (Phi) is 2.62. The van der Waals surface area contributed by atoms with E-state index in [9.17, 15) is 14.6 Å². The number of rotatable bonds is 1. The van der Waals surface area contributed by atoms with Gasteiger partial charge in [-0.05, 0) is 6.92 Å². The van der Waals surface area contributed by atoms with Gasteiger partial charge in [0.1, 0.15) is 12.2 Å². The second-order valence-electron chi connectivity index (χ2n) is 4.41. The molecule has 3 heterocycles. The summed E-state index contributed by atoms with van der Waals surface area (Å²) < 4.78 is 19.9. The van der Waals surface area contributed by atoms with Gasteiger partial charge in [0, 0.05) is 0 Å². The Hall–Kier alpha value is -1.84. The molecule has 0 aliphatic carbocycles. The number of halogens is 1. The number of hydrogen-bond acceptors (Lipinski definition) is 7. The molecular weight excluding hydrogens is 257 g/mol. The molecule has 0 amide bonds. The van der Waals surface area contributed by atoms with Gasteiger partial charge in [-0.2, -0.15) is 14.4 Å². The second kappa shape index (κ2) is 4.08. The molecule has 102 valence electrons. The molecule has 4 atom stereocenters. The number of aliphatic hydroxyl groups excluding tert-OH is 2. The van der Waals surface area contributed by atoms with Crippen LogP contribution in [0.5, 0.6) is 0 Å². The molecule has 1 aliphatic rings. The van der Waals surface area contributed by atoms with E-state index in [-0.39, 0.29) is 17.0 Å². The highest BCUT2D eigenvalue weighted by Gasteiger charge is 2.42. The number of nitrogen functional groups attached to an aromatic ring is 1. The van der Waals surface area contributed by atoms with Crippen molar-refractivity contribution in [2.45, 2.75) is 31.5 Å². The molecule has 19 heavy (non-hydrogen) atoms. The first kappa shape index (κ1) is 12.2. The lowest BCUT2D eigenvalue weighted by molar-refractivity contribution is -0.0300. The van der Waals surface area contributed by atoms with Crippen LogP contribution in [0.3, 0.4) is 0 Å². The van der Waals surface area contributed by atoms with Crippen LogP contribution in [0.4, 0.5) is 10.2 Å². The Labute approximate surface area is 106 Å². The molecule has 0 aromatic carbocycles. The molecule has 0 spiro atoms. The Morgan fingerprint density at radius 1 is 1.37 bits per heavy atom. The summed E-state index contributed by atoms with van der Waals surface area (Å²) >= 11 is 0. The Bertz CT molecular complexity index is 633. The van der Waals surface area contributed by atoms with E-state index in [1.54, 1.807) is 6.92 Å². The zero-order valence-corrected chi connectivity index (χ0v) is 9.93. The fourth-order valence-corrected chi connectivity index (χ4v) is 2.15. The number of hydrogen-bond donors (Lipinski definition) is 3. The van der Waals surface area contributed by atoms with Crippen LogP contribution < -0.4 is 5.73 Å². The van der Waals surface area contributed by atoms with Crippen LogP contribution in [0.25, 0.3) is 11.2 Å². The van der Waals surface area contributed by atoms with Crippen molar-refractivity contribution in [2.24, 2.45) is 0 Å². The van der Waals surface area contributed by atoms with E-state index in [1.807, 2.05) is 0 Å². The molecule has 0 bridgehead atoms. The molecule has 1 aliphatic heterocycles. The zero-order chi connectivity index (χ0) is 13.7. The fourth-order valence-electron chi connectivity index (χ4n) is 2.15. The van der Waals surface area contributed by atoms with Crippen LogP contribution in [0.15, 0.2) is 6.33 Å². The molecule has 0 radical (unpaired) electrons. The number of fused-ring (bicyclic) bond motifs is 1. The van der Waals surface area contributed by atoms with E-state index in [2.05, 4.69) is 15.0 Å². The third-order valence-electron chi connectivity index (χ3n) is 3.17. The van der Waals surface area contributed by atoms with Crippen LogP contribution in [0.2, 0.25) is 0 Å². The lowest BCUT2D eigenvalue weighted by Gasteiger charge is -2.16. The number of aliphatic hydroxyl groups is 2. The van der Waals surface area contributed by atoms with Crippen LogP contribution in [0.1, 0.15) is 13.2 Å². The maximum Gasteiger partial charge on any atom is 0.312 e. The first-order chi connectivity index (χ1) is 8.99. The third kappa shape index (κ3) is 1.74. The highest BCUT2D eigenvalue weighted by molar-refractivity contribution is 5.81. The van der Waals surface area contributed by atoms with Gasteiger partial charge in [-0.1, -0.05) is 0 Å². The van der Waals surface area contributed by atoms with E-state index in [0.29, 0.717) is 0 Å². The van der Waals surface area contributed by atoms with Crippen molar-refractivity contribution in [3.63, 3.8) is 0 Å². The second-order valence-corrected chi connectivity index (χ2v) is 4.41. The van der Waals surface area contributed by atoms with Crippen molar-refractivity contribution in [1.29, 1.82) is 0 Å². The Balaban J connectivity index is 2.11. The number of ether oxygens (including phenoxy) is 1. The first-order valence-electron chi connectivity index (χ1n) is 5.66. The van der Waals surface area contributed by atoms with E-state index in [1.165, 1.54) is 10.9 Å². The van der Waals surface area contributed by atoms with Gasteiger partial charge in [0.15, 0.2) is 23.2 Å². The molecule has 8 nitrogen and oxygen atoms in total. The van der Waals surface area contributed by atoms with Crippen LogP contribution in [-0.2, 0) is 4.74 Å². The summed E-state index contributed by atoms with van der Waals surface area (Å²) in [7, 11) is 0. The van der Waals surface area contributed by atoms with Gasteiger partial charge in [0.2, 0.25) is 0 Å². The van der Waals surface area contributed by atoms with Crippen molar-refractivity contribution in [1.82, 2.24) is 19.5 Å². The Morgan fingerprint density at radius 2 is 2.11 bits per heavy atom. The average Bonchev–Trinajstić information content (AvgIpc) is 2.86.